The maximum atomic E-state index is 6.19. The molecule has 0 saturated carbocycles. The largest absolute Gasteiger partial charge is 0.457 e. The molecule has 4 aromatic rings. The van der Waals surface area contributed by atoms with Crippen LogP contribution in [0.2, 0.25) is 0 Å². The topological polar surface area (TPSA) is 37.8 Å². The zero-order chi connectivity index (χ0) is 25.1. The van der Waals surface area contributed by atoms with Crippen LogP contribution in [0.3, 0.4) is 0 Å². The Morgan fingerprint density at radius 3 is 2.06 bits per heavy atom. The van der Waals surface area contributed by atoms with Crippen LogP contribution < -0.4 is 19.3 Å². The van der Waals surface area contributed by atoms with E-state index in [0.717, 1.165) is 18.1 Å². The minimum atomic E-state index is 0.0265. The fourth-order valence-electron chi connectivity index (χ4n) is 4.01. The molecule has 0 atom stereocenters. The second kappa shape index (κ2) is 9.78. The van der Waals surface area contributed by atoms with Crippen LogP contribution in [0.1, 0.15) is 31.9 Å². The molecule has 0 N–H and O–H groups in total. The molecule has 0 spiro atoms. The fraction of sp³-hybridized carbons (Fsp3) is 0.194. The van der Waals surface area contributed by atoms with Gasteiger partial charge in [0.2, 0.25) is 5.88 Å². The van der Waals surface area contributed by atoms with Crippen LogP contribution in [0.25, 0.3) is 0 Å². The molecule has 5 rings (SSSR count). The Balaban J connectivity index is 1.27. The highest BCUT2D eigenvalue weighted by Crippen LogP contribution is 2.32. The molecule has 2 heterocycles. The summed E-state index contributed by atoms with van der Waals surface area (Å²) in [4.78, 5) is 8.78. The molecule has 0 saturated heterocycles. The van der Waals surface area contributed by atoms with E-state index in [-0.39, 0.29) is 5.41 Å². The first-order valence-corrected chi connectivity index (χ1v) is 12.1. The van der Waals surface area contributed by atoms with Gasteiger partial charge in [-0.15, -0.1) is 0 Å². The Morgan fingerprint density at radius 1 is 0.694 bits per heavy atom. The lowest BCUT2D eigenvalue weighted by Crippen LogP contribution is -2.24. The van der Waals surface area contributed by atoms with Gasteiger partial charge in [-0.3, -0.25) is 0 Å². The highest BCUT2D eigenvalue weighted by Gasteiger charge is 2.17. The SMILES string of the molecule is Cc1ccc(N2C=CN(c3cccc(Oc4cccc(Oc5cc(C(C)(C)C)ccn5)c4)c3)C2)cc1. The summed E-state index contributed by atoms with van der Waals surface area (Å²) in [5, 5.41) is 0. The van der Waals surface area contributed by atoms with Gasteiger partial charge in [-0.05, 0) is 60.4 Å². The number of anilines is 2. The number of benzene rings is 3. The smallest absolute Gasteiger partial charge is 0.219 e. The van der Waals surface area contributed by atoms with Crippen molar-refractivity contribution in [3.63, 3.8) is 0 Å². The summed E-state index contributed by atoms with van der Waals surface area (Å²) in [5.74, 6) is 2.72. The van der Waals surface area contributed by atoms with Gasteiger partial charge >= 0.3 is 0 Å². The van der Waals surface area contributed by atoms with Gasteiger partial charge in [0.15, 0.2) is 0 Å². The number of rotatable bonds is 6. The molecule has 0 aliphatic carbocycles. The molecular weight excluding hydrogens is 446 g/mol. The summed E-state index contributed by atoms with van der Waals surface area (Å²) in [7, 11) is 0. The summed E-state index contributed by atoms with van der Waals surface area (Å²) in [6, 6.07) is 28.3. The number of aromatic nitrogens is 1. The third kappa shape index (κ3) is 5.52. The predicted molar refractivity (Wildman–Crippen MR) is 146 cm³/mol. The zero-order valence-corrected chi connectivity index (χ0v) is 21.2. The van der Waals surface area contributed by atoms with Crippen LogP contribution in [0, 0.1) is 6.92 Å². The number of hydrogen-bond donors (Lipinski definition) is 0. The van der Waals surface area contributed by atoms with Crippen LogP contribution in [-0.4, -0.2) is 11.7 Å². The number of pyridine rings is 1. The minimum absolute atomic E-state index is 0.0265. The van der Waals surface area contributed by atoms with Gasteiger partial charge in [0.25, 0.3) is 0 Å². The van der Waals surface area contributed by atoms with Crippen molar-refractivity contribution in [3.05, 3.63) is 115 Å². The van der Waals surface area contributed by atoms with E-state index in [1.807, 2.05) is 54.6 Å². The van der Waals surface area contributed by atoms with Gasteiger partial charge in [-0.1, -0.05) is 50.6 Å². The van der Waals surface area contributed by atoms with Gasteiger partial charge in [0, 0.05) is 48.2 Å². The van der Waals surface area contributed by atoms with Gasteiger partial charge in [0.1, 0.15) is 17.2 Å². The lowest BCUT2D eigenvalue weighted by Gasteiger charge is -2.22. The monoisotopic (exact) mass is 477 g/mol. The first-order chi connectivity index (χ1) is 17.3. The standard InChI is InChI=1S/C31H31N3O2/c1-23-11-13-25(14-12-23)33-17-18-34(22-33)26-7-5-8-27(20-26)35-28-9-6-10-29(21-28)36-30-19-24(15-16-32-30)31(2,3)4/h5-21H,22H2,1-4H3. The molecule has 1 aliphatic heterocycles. The predicted octanol–water partition coefficient (Wildman–Crippen LogP) is 8.03. The Morgan fingerprint density at radius 2 is 1.33 bits per heavy atom. The molecule has 0 bridgehead atoms. The maximum absolute atomic E-state index is 6.19. The van der Waals surface area contributed by atoms with Gasteiger partial charge in [-0.2, -0.15) is 0 Å². The average molecular weight is 478 g/mol. The van der Waals surface area contributed by atoms with Gasteiger partial charge < -0.3 is 19.3 Å². The number of ether oxygens (including phenoxy) is 2. The van der Waals surface area contributed by atoms with Crippen LogP contribution in [0.15, 0.2) is 104 Å². The van der Waals surface area contributed by atoms with E-state index in [9.17, 15) is 0 Å². The molecule has 5 heteroatoms. The molecular formula is C31H31N3O2. The lowest BCUT2D eigenvalue weighted by atomic mass is 9.88. The molecule has 5 nitrogen and oxygen atoms in total. The van der Waals surface area contributed by atoms with E-state index in [4.69, 9.17) is 9.47 Å². The molecule has 36 heavy (non-hydrogen) atoms. The highest BCUT2D eigenvalue weighted by molar-refractivity contribution is 5.61. The van der Waals surface area contributed by atoms with Crippen molar-refractivity contribution in [3.8, 4) is 23.1 Å². The summed E-state index contributed by atoms with van der Waals surface area (Å²) in [6.07, 6.45) is 5.97. The molecule has 1 aliphatic rings. The van der Waals surface area contributed by atoms with Crippen LogP contribution in [-0.2, 0) is 5.41 Å². The second-order valence-corrected chi connectivity index (χ2v) is 10.0. The van der Waals surface area contributed by atoms with E-state index >= 15 is 0 Å². The van der Waals surface area contributed by atoms with E-state index in [0.29, 0.717) is 17.4 Å². The quantitative estimate of drug-likeness (QED) is 0.281. The highest BCUT2D eigenvalue weighted by atomic mass is 16.5. The van der Waals surface area contributed by atoms with Crippen LogP contribution in [0.4, 0.5) is 11.4 Å². The van der Waals surface area contributed by atoms with Crippen LogP contribution in [0.5, 0.6) is 23.1 Å². The van der Waals surface area contributed by atoms with Crippen LogP contribution >= 0.6 is 0 Å². The van der Waals surface area contributed by atoms with Gasteiger partial charge in [0.05, 0.1) is 6.67 Å². The van der Waals surface area contributed by atoms with Crippen molar-refractivity contribution in [2.75, 3.05) is 16.5 Å². The first-order valence-electron chi connectivity index (χ1n) is 12.1. The normalized spacial score (nSPS) is 13.2. The molecule has 182 valence electrons. The van der Waals surface area contributed by atoms with Crippen molar-refractivity contribution < 1.29 is 9.47 Å². The third-order valence-electron chi connectivity index (χ3n) is 6.11. The molecule has 0 radical (unpaired) electrons. The Hall–Kier alpha value is -4.25. The van der Waals surface area contributed by atoms with Gasteiger partial charge in [-0.25, -0.2) is 4.98 Å². The Labute approximate surface area is 213 Å². The average Bonchev–Trinajstić information content (AvgIpc) is 3.35. The second-order valence-electron chi connectivity index (χ2n) is 10.0. The lowest BCUT2D eigenvalue weighted by molar-refractivity contribution is 0.446. The zero-order valence-electron chi connectivity index (χ0n) is 21.2. The Bertz CT molecular complexity index is 1370. The van der Waals surface area contributed by atoms with E-state index in [1.165, 1.54) is 16.8 Å². The summed E-state index contributed by atoms with van der Waals surface area (Å²) >= 11 is 0. The molecule has 0 unspecified atom stereocenters. The number of aryl methyl sites for hydroxylation is 1. The molecule has 0 fully saturated rings. The molecule has 1 aromatic heterocycles. The van der Waals surface area contributed by atoms with E-state index in [1.54, 1.807) is 6.20 Å². The summed E-state index contributed by atoms with van der Waals surface area (Å²) < 4.78 is 12.2. The molecule has 0 amide bonds. The third-order valence-corrected chi connectivity index (χ3v) is 6.11. The van der Waals surface area contributed by atoms with E-state index in [2.05, 4.69) is 85.2 Å². The summed E-state index contributed by atoms with van der Waals surface area (Å²) in [5.41, 5.74) is 4.69. The fourth-order valence-corrected chi connectivity index (χ4v) is 4.01. The molecule has 3 aromatic carbocycles. The number of nitrogens with zero attached hydrogens (tertiary/aromatic N) is 3. The van der Waals surface area contributed by atoms with Crippen molar-refractivity contribution in [1.82, 2.24) is 4.98 Å². The summed E-state index contributed by atoms with van der Waals surface area (Å²) in [6.45, 7) is 9.37. The van der Waals surface area contributed by atoms with Crippen molar-refractivity contribution in [2.45, 2.75) is 33.1 Å². The van der Waals surface area contributed by atoms with Crippen molar-refractivity contribution in [2.24, 2.45) is 0 Å². The minimum Gasteiger partial charge on any atom is -0.457 e. The van der Waals surface area contributed by atoms with E-state index < -0.39 is 0 Å². The first kappa shape index (κ1) is 23.5. The van der Waals surface area contributed by atoms with Crippen molar-refractivity contribution >= 4 is 11.4 Å². The maximum Gasteiger partial charge on any atom is 0.219 e. The van der Waals surface area contributed by atoms with Crippen molar-refractivity contribution in [1.29, 1.82) is 0 Å². The Kier molecular flexibility index (Phi) is 6.38. The number of hydrogen-bond acceptors (Lipinski definition) is 5.